The van der Waals surface area contributed by atoms with Crippen LogP contribution in [0.25, 0.3) is 0 Å². The molecule has 1 fully saturated rings. The molecule has 1 aromatic rings. The monoisotopic (exact) mass is 194 g/mol. The molecule has 14 heavy (non-hydrogen) atoms. The zero-order chi connectivity index (χ0) is 10.1. The first-order valence-corrected chi connectivity index (χ1v) is 4.51. The molecule has 0 spiro atoms. The zero-order valence-electron chi connectivity index (χ0n) is 7.59. The molecular weight excluding hydrogens is 183 g/mol. The fourth-order valence-corrected chi connectivity index (χ4v) is 1.62. The molecular formula is C10H11FN2O. The van der Waals surface area contributed by atoms with Crippen LogP contribution < -0.4 is 11.1 Å². The highest BCUT2D eigenvalue weighted by Gasteiger charge is 2.22. The van der Waals surface area contributed by atoms with Gasteiger partial charge in [-0.3, -0.25) is 4.79 Å². The Balaban J connectivity index is 2.24. The number of nitrogen functional groups attached to an aromatic ring is 1. The van der Waals surface area contributed by atoms with Crippen molar-refractivity contribution >= 4 is 11.6 Å². The van der Waals surface area contributed by atoms with Crippen LogP contribution in [0.5, 0.6) is 0 Å². The third-order valence-corrected chi connectivity index (χ3v) is 2.42. The third-order valence-electron chi connectivity index (χ3n) is 2.42. The Morgan fingerprint density at radius 3 is 2.86 bits per heavy atom. The highest BCUT2D eigenvalue weighted by Crippen LogP contribution is 2.25. The van der Waals surface area contributed by atoms with Gasteiger partial charge < -0.3 is 11.1 Å². The van der Waals surface area contributed by atoms with Crippen LogP contribution in [0.15, 0.2) is 18.2 Å². The molecule has 1 aliphatic heterocycles. The van der Waals surface area contributed by atoms with E-state index in [4.69, 9.17) is 5.73 Å². The van der Waals surface area contributed by atoms with Gasteiger partial charge in [-0.2, -0.15) is 0 Å². The van der Waals surface area contributed by atoms with E-state index in [1.165, 1.54) is 12.1 Å². The van der Waals surface area contributed by atoms with E-state index in [0.29, 0.717) is 6.42 Å². The van der Waals surface area contributed by atoms with Gasteiger partial charge >= 0.3 is 0 Å². The summed E-state index contributed by atoms with van der Waals surface area (Å²) in [5.74, 6) is -0.407. The molecule has 2 rings (SSSR count). The maximum atomic E-state index is 13.1. The van der Waals surface area contributed by atoms with Gasteiger partial charge in [0, 0.05) is 6.42 Å². The van der Waals surface area contributed by atoms with Crippen LogP contribution in [0.4, 0.5) is 10.1 Å². The van der Waals surface area contributed by atoms with E-state index in [-0.39, 0.29) is 17.6 Å². The second kappa shape index (κ2) is 3.29. The number of nitrogens with two attached hydrogens (primary N) is 1. The second-order valence-corrected chi connectivity index (χ2v) is 3.44. The maximum absolute atomic E-state index is 13.1. The van der Waals surface area contributed by atoms with Crippen LogP contribution in [-0.4, -0.2) is 5.91 Å². The first-order chi connectivity index (χ1) is 6.66. The summed E-state index contributed by atoms with van der Waals surface area (Å²) in [6.45, 7) is 0. The number of carbonyl (C=O) groups excluding carboxylic acids is 1. The Morgan fingerprint density at radius 1 is 1.50 bits per heavy atom. The van der Waals surface area contributed by atoms with E-state index in [9.17, 15) is 9.18 Å². The molecule has 3 nitrogen and oxygen atoms in total. The van der Waals surface area contributed by atoms with Gasteiger partial charge in [-0.25, -0.2) is 4.39 Å². The van der Waals surface area contributed by atoms with E-state index < -0.39 is 5.82 Å². The minimum Gasteiger partial charge on any atom is -0.396 e. The number of amides is 1. The van der Waals surface area contributed by atoms with Gasteiger partial charge in [0.2, 0.25) is 5.91 Å². The average molecular weight is 194 g/mol. The molecule has 4 heteroatoms. The zero-order valence-corrected chi connectivity index (χ0v) is 7.59. The number of halogens is 1. The summed E-state index contributed by atoms with van der Waals surface area (Å²) in [6, 6.07) is 4.59. The summed E-state index contributed by atoms with van der Waals surface area (Å²) >= 11 is 0. The molecule has 0 radical (unpaired) electrons. The van der Waals surface area contributed by atoms with Gasteiger partial charge in [0.15, 0.2) is 0 Å². The van der Waals surface area contributed by atoms with Crippen molar-refractivity contribution in [3.05, 3.63) is 29.6 Å². The predicted octanol–water partition coefficient (Wildman–Crippen LogP) is 1.36. The summed E-state index contributed by atoms with van der Waals surface area (Å²) in [7, 11) is 0. The van der Waals surface area contributed by atoms with Gasteiger partial charge in [0.25, 0.3) is 0 Å². The molecule has 1 saturated heterocycles. The first-order valence-electron chi connectivity index (χ1n) is 4.51. The molecule has 0 aromatic heterocycles. The first kappa shape index (κ1) is 8.99. The minimum atomic E-state index is -0.427. The summed E-state index contributed by atoms with van der Waals surface area (Å²) < 4.78 is 13.1. The van der Waals surface area contributed by atoms with Crippen molar-refractivity contribution in [1.82, 2.24) is 5.32 Å². The van der Waals surface area contributed by atoms with Gasteiger partial charge in [-0.15, -0.1) is 0 Å². The second-order valence-electron chi connectivity index (χ2n) is 3.44. The van der Waals surface area contributed by atoms with E-state index >= 15 is 0 Å². The number of hydrogen-bond acceptors (Lipinski definition) is 2. The maximum Gasteiger partial charge on any atom is 0.220 e. The average Bonchev–Trinajstić information content (AvgIpc) is 2.57. The third kappa shape index (κ3) is 1.55. The molecule has 0 unspecified atom stereocenters. The predicted molar refractivity (Wildman–Crippen MR) is 50.9 cm³/mol. The molecule has 1 atom stereocenters. The van der Waals surface area contributed by atoms with Crippen LogP contribution in [0.1, 0.15) is 24.4 Å². The van der Waals surface area contributed by atoms with Gasteiger partial charge in [0.05, 0.1) is 11.7 Å². The van der Waals surface area contributed by atoms with Crippen molar-refractivity contribution in [1.29, 1.82) is 0 Å². The van der Waals surface area contributed by atoms with Crippen molar-refractivity contribution in [2.75, 3.05) is 5.73 Å². The molecule has 1 aromatic carbocycles. The van der Waals surface area contributed by atoms with Crippen LogP contribution in [0, 0.1) is 5.82 Å². The fraction of sp³-hybridized carbons (Fsp3) is 0.300. The van der Waals surface area contributed by atoms with Crippen molar-refractivity contribution in [2.45, 2.75) is 18.9 Å². The van der Waals surface area contributed by atoms with Crippen molar-refractivity contribution in [3.63, 3.8) is 0 Å². The Labute approximate surface area is 81.1 Å². The Morgan fingerprint density at radius 2 is 2.29 bits per heavy atom. The van der Waals surface area contributed by atoms with Crippen LogP contribution >= 0.6 is 0 Å². The van der Waals surface area contributed by atoms with Crippen molar-refractivity contribution in [2.24, 2.45) is 0 Å². The normalized spacial score (nSPS) is 20.9. The lowest BCUT2D eigenvalue weighted by atomic mass is 10.0. The Hall–Kier alpha value is -1.58. The number of rotatable bonds is 1. The molecule has 0 saturated carbocycles. The quantitative estimate of drug-likeness (QED) is 0.663. The van der Waals surface area contributed by atoms with Crippen LogP contribution in [-0.2, 0) is 4.79 Å². The lowest BCUT2D eigenvalue weighted by Crippen LogP contribution is -2.18. The van der Waals surface area contributed by atoms with Crippen molar-refractivity contribution < 1.29 is 9.18 Å². The highest BCUT2D eigenvalue weighted by molar-refractivity contribution is 5.78. The Kier molecular flexibility index (Phi) is 2.11. The van der Waals surface area contributed by atoms with Crippen LogP contribution in [0.3, 0.4) is 0 Å². The summed E-state index contributed by atoms with van der Waals surface area (Å²) in [5.41, 5.74) is 6.27. The number of benzene rings is 1. The summed E-state index contributed by atoms with van der Waals surface area (Å²) in [4.78, 5) is 10.9. The van der Waals surface area contributed by atoms with Crippen molar-refractivity contribution in [3.8, 4) is 0 Å². The minimum absolute atomic E-state index is 0.0206. The Bertz CT molecular complexity index is 378. The lowest BCUT2D eigenvalue weighted by molar-refractivity contribution is -0.119. The summed E-state index contributed by atoms with van der Waals surface area (Å²) in [6.07, 6.45) is 1.23. The molecule has 0 bridgehead atoms. The number of anilines is 1. The topological polar surface area (TPSA) is 55.1 Å². The standard InChI is InChI=1S/C10H11FN2O/c11-7-5-6(1-2-8(7)12)9-3-4-10(14)13-9/h1-2,5,9H,3-4,12H2,(H,13,14)/t9-/m1/s1. The fourth-order valence-electron chi connectivity index (χ4n) is 1.62. The van der Waals surface area contributed by atoms with Gasteiger partial charge in [-0.05, 0) is 24.1 Å². The lowest BCUT2D eigenvalue weighted by Gasteiger charge is -2.10. The highest BCUT2D eigenvalue weighted by atomic mass is 19.1. The van der Waals surface area contributed by atoms with E-state index in [1.54, 1.807) is 6.07 Å². The van der Waals surface area contributed by atoms with E-state index in [0.717, 1.165) is 12.0 Å². The van der Waals surface area contributed by atoms with Gasteiger partial charge in [0.1, 0.15) is 5.82 Å². The molecule has 1 aliphatic rings. The van der Waals surface area contributed by atoms with E-state index in [1.807, 2.05) is 0 Å². The SMILES string of the molecule is Nc1ccc([C@H]2CCC(=O)N2)cc1F. The molecule has 1 heterocycles. The largest absolute Gasteiger partial charge is 0.396 e. The number of nitrogens with one attached hydrogen (secondary N) is 1. The molecule has 0 aliphatic carbocycles. The smallest absolute Gasteiger partial charge is 0.220 e. The van der Waals surface area contributed by atoms with Crippen LogP contribution in [0.2, 0.25) is 0 Å². The number of carbonyl (C=O) groups is 1. The summed E-state index contributed by atoms with van der Waals surface area (Å²) in [5, 5.41) is 2.77. The van der Waals surface area contributed by atoms with Gasteiger partial charge in [-0.1, -0.05) is 6.07 Å². The van der Waals surface area contributed by atoms with E-state index in [2.05, 4.69) is 5.32 Å². The molecule has 1 amide bonds. The molecule has 74 valence electrons. The number of hydrogen-bond donors (Lipinski definition) is 2. The molecule has 3 N–H and O–H groups in total.